The van der Waals surface area contributed by atoms with Gasteiger partial charge >= 0.3 is 0 Å². The molecule has 42 heavy (non-hydrogen) atoms. The molecule has 0 bridgehead atoms. The van der Waals surface area contributed by atoms with Gasteiger partial charge in [0.2, 0.25) is 5.79 Å². The van der Waals surface area contributed by atoms with Crippen LogP contribution in [0.15, 0.2) is 73.4 Å². The van der Waals surface area contributed by atoms with Crippen LogP contribution in [0.25, 0.3) is 0 Å². The van der Waals surface area contributed by atoms with E-state index >= 15 is 0 Å². The highest BCUT2D eigenvalue weighted by atomic mass is 35.5. The van der Waals surface area contributed by atoms with Crippen molar-refractivity contribution < 1.29 is 19.1 Å². The molecule has 0 amide bonds. The third-order valence-corrected chi connectivity index (χ3v) is 7.77. The molecule has 0 spiro atoms. The molecule has 2 fully saturated rings. The van der Waals surface area contributed by atoms with Crippen molar-refractivity contribution in [2.24, 2.45) is 0 Å². The summed E-state index contributed by atoms with van der Waals surface area (Å²) in [4.78, 5) is 23.1. The van der Waals surface area contributed by atoms with Crippen LogP contribution < -0.4 is 14.5 Å². The Hall–Kier alpha value is -3.97. The van der Waals surface area contributed by atoms with Crippen LogP contribution in [0.4, 0.5) is 17.2 Å². The van der Waals surface area contributed by atoms with Crippen molar-refractivity contribution in [1.82, 2.24) is 19.7 Å². The Morgan fingerprint density at radius 3 is 2.50 bits per heavy atom. The van der Waals surface area contributed by atoms with E-state index in [4.69, 9.17) is 37.4 Å². The van der Waals surface area contributed by atoms with Crippen LogP contribution in [-0.4, -0.2) is 70.2 Å². The Kier molecular flexibility index (Phi) is 8.11. The second-order valence-corrected chi connectivity index (χ2v) is 10.8. The lowest BCUT2D eigenvalue weighted by atomic mass is 10.1. The minimum absolute atomic E-state index is 0.0104. The zero-order valence-electron chi connectivity index (χ0n) is 22.4. The third-order valence-electron chi connectivity index (χ3n) is 7.22. The van der Waals surface area contributed by atoms with Gasteiger partial charge in [0.1, 0.15) is 49.7 Å². The second-order valence-electron chi connectivity index (χ2n) is 9.93. The van der Waals surface area contributed by atoms with E-state index in [0.717, 1.165) is 43.4 Å². The lowest BCUT2D eigenvalue weighted by Crippen LogP contribution is -2.46. The Morgan fingerprint density at radius 2 is 1.83 bits per heavy atom. The van der Waals surface area contributed by atoms with Crippen molar-refractivity contribution in [2.45, 2.75) is 18.4 Å². The maximum atomic E-state index is 10.9. The van der Waals surface area contributed by atoms with Crippen molar-refractivity contribution in [3.8, 4) is 5.75 Å². The van der Waals surface area contributed by atoms with Crippen LogP contribution in [0.3, 0.4) is 0 Å². The molecule has 0 aliphatic carbocycles. The highest BCUT2D eigenvalue weighted by Gasteiger charge is 2.45. The maximum Gasteiger partial charge on any atom is 0.287 e. The summed E-state index contributed by atoms with van der Waals surface area (Å²) in [7, 11) is 0. The Labute approximate surface area is 251 Å². The smallest absolute Gasteiger partial charge is 0.287 e. The molecule has 0 N–H and O–H groups in total. The molecule has 0 saturated carbocycles. The fraction of sp³-hybridized carbons (Fsp3) is 0.321. The van der Waals surface area contributed by atoms with Gasteiger partial charge in [0.05, 0.1) is 16.6 Å². The minimum atomic E-state index is -1.17. The number of halogens is 2. The van der Waals surface area contributed by atoms with Crippen LogP contribution >= 0.6 is 23.2 Å². The van der Waals surface area contributed by atoms with Crippen molar-refractivity contribution in [2.75, 3.05) is 49.2 Å². The predicted molar refractivity (Wildman–Crippen MR) is 156 cm³/mol. The average molecular weight is 612 g/mol. The molecule has 2 aliphatic rings. The molecule has 2 atom stereocenters. The van der Waals surface area contributed by atoms with E-state index in [-0.39, 0.29) is 24.9 Å². The third kappa shape index (κ3) is 6.12. The predicted octanol–water partition coefficient (Wildman–Crippen LogP) is 4.56. The summed E-state index contributed by atoms with van der Waals surface area (Å²) >= 11 is 12.7. The molecule has 218 valence electrons. The number of aromatic nitrogens is 4. The summed E-state index contributed by atoms with van der Waals surface area (Å²) in [5.41, 5.74) is 1.73. The first-order valence-electron chi connectivity index (χ1n) is 13.3. The van der Waals surface area contributed by atoms with Gasteiger partial charge in [0, 0.05) is 48.5 Å². The van der Waals surface area contributed by atoms with Gasteiger partial charge in [0.25, 0.3) is 5.69 Å². The second kappa shape index (κ2) is 12.1. The molecule has 2 unspecified atom stereocenters. The summed E-state index contributed by atoms with van der Waals surface area (Å²) in [5.74, 6) is 0.291. The molecule has 2 aromatic heterocycles. The zero-order valence-corrected chi connectivity index (χ0v) is 23.9. The first-order valence-corrected chi connectivity index (χ1v) is 14.1. The standard InChI is InChI=1S/C28H27Cl2N7O5/c29-20-1-7-25(26(30)13-20)28(17-36-19-31-18-33-36)41-16-24(42-28)15-40-23-5-2-21(3-6-23)34-9-11-35(12-10-34)27-8-4-22(14-32-27)37(38)39/h1-8,13-14,18-19,24H,9-12,15-17H2. The van der Waals surface area contributed by atoms with Crippen molar-refractivity contribution in [3.63, 3.8) is 0 Å². The van der Waals surface area contributed by atoms with Gasteiger partial charge in [-0.1, -0.05) is 29.3 Å². The summed E-state index contributed by atoms with van der Waals surface area (Å²) in [6.07, 6.45) is 4.00. The fourth-order valence-corrected chi connectivity index (χ4v) is 5.64. The topological polar surface area (TPSA) is 121 Å². The summed E-state index contributed by atoms with van der Waals surface area (Å²) < 4.78 is 20.3. The monoisotopic (exact) mass is 611 g/mol. The van der Waals surface area contributed by atoms with E-state index in [0.29, 0.717) is 22.2 Å². The largest absolute Gasteiger partial charge is 0.491 e. The number of hydrogen-bond donors (Lipinski definition) is 0. The number of pyridine rings is 1. The van der Waals surface area contributed by atoms with Crippen LogP contribution in [0.1, 0.15) is 5.56 Å². The Morgan fingerprint density at radius 1 is 1.05 bits per heavy atom. The molecular formula is C28H27Cl2N7O5. The molecule has 6 rings (SSSR count). The zero-order chi connectivity index (χ0) is 29.1. The first-order chi connectivity index (χ1) is 20.4. The highest BCUT2D eigenvalue weighted by Crippen LogP contribution is 2.40. The maximum absolute atomic E-state index is 10.9. The van der Waals surface area contributed by atoms with E-state index in [1.807, 2.05) is 24.3 Å². The Bertz CT molecular complexity index is 1520. The number of hydrogen-bond acceptors (Lipinski definition) is 10. The normalized spacial score (nSPS) is 20.6. The van der Waals surface area contributed by atoms with Gasteiger partial charge in [-0.2, -0.15) is 5.10 Å². The lowest BCUT2D eigenvalue weighted by Gasteiger charge is -2.36. The summed E-state index contributed by atoms with van der Waals surface area (Å²) in [6, 6.07) is 16.3. The first kappa shape index (κ1) is 28.2. The molecular weight excluding hydrogens is 585 g/mol. The van der Waals surface area contributed by atoms with Crippen molar-refractivity contribution in [1.29, 1.82) is 0 Å². The number of nitro groups is 1. The SMILES string of the molecule is O=[N+]([O-])c1ccc(N2CCN(c3ccc(OCC4COC(Cn5cncn5)(c5ccc(Cl)cc5Cl)O4)cc3)CC2)nc1. The molecule has 4 heterocycles. The van der Waals surface area contributed by atoms with E-state index in [1.54, 1.807) is 35.3 Å². The molecule has 4 aromatic rings. The number of rotatable bonds is 9. The van der Waals surface area contributed by atoms with Gasteiger partial charge in [-0.3, -0.25) is 10.1 Å². The van der Waals surface area contributed by atoms with E-state index < -0.39 is 10.7 Å². The quantitative estimate of drug-likeness (QED) is 0.197. The number of piperazine rings is 1. The van der Waals surface area contributed by atoms with Gasteiger partial charge in [-0.15, -0.1) is 0 Å². The number of benzene rings is 2. The molecule has 12 nitrogen and oxygen atoms in total. The fourth-order valence-electron chi connectivity index (χ4n) is 5.09. The van der Waals surface area contributed by atoms with Gasteiger partial charge in [-0.25, -0.2) is 14.6 Å². The van der Waals surface area contributed by atoms with E-state index in [1.165, 1.54) is 18.6 Å². The summed E-state index contributed by atoms with van der Waals surface area (Å²) in [5, 5.41) is 16.0. The van der Waals surface area contributed by atoms with E-state index in [9.17, 15) is 10.1 Å². The summed E-state index contributed by atoms with van der Waals surface area (Å²) in [6.45, 7) is 3.96. The van der Waals surface area contributed by atoms with Crippen LogP contribution in [-0.2, 0) is 21.8 Å². The molecule has 0 radical (unpaired) electrons. The molecule has 2 aromatic carbocycles. The number of ether oxygens (including phenoxy) is 3. The van der Waals surface area contributed by atoms with Gasteiger partial charge in [-0.05, 0) is 42.5 Å². The lowest BCUT2D eigenvalue weighted by molar-refractivity contribution is -0.385. The highest BCUT2D eigenvalue weighted by molar-refractivity contribution is 6.35. The van der Waals surface area contributed by atoms with Crippen molar-refractivity contribution >= 4 is 40.4 Å². The Balaban J connectivity index is 1.04. The van der Waals surface area contributed by atoms with Crippen LogP contribution in [0, 0.1) is 10.1 Å². The molecule has 2 saturated heterocycles. The van der Waals surface area contributed by atoms with Gasteiger partial charge < -0.3 is 24.0 Å². The van der Waals surface area contributed by atoms with Crippen LogP contribution in [0.5, 0.6) is 5.75 Å². The van der Waals surface area contributed by atoms with Crippen molar-refractivity contribution in [3.05, 3.63) is 99.2 Å². The van der Waals surface area contributed by atoms with Crippen LogP contribution in [0.2, 0.25) is 10.0 Å². The van der Waals surface area contributed by atoms with Gasteiger partial charge in [0.15, 0.2) is 0 Å². The minimum Gasteiger partial charge on any atom is -0.491 e. The number of nitrogens with zero attached hydrogens (tertiary/aromatic N) is 7. The number of anilines is 2. The molecule has 14 heteroatoms. The van der Waals surface area contributed by atoms with E-state index in [2.05, 4.69) is 24.9 Å². The molecule has 2 aliphatic heterocycles. The average Bonchev–Trinajstić information content (AvgIpc) is 3.67.